The summed E-state index contributed by atoms with van der Waals surface area (Å²) in [6, 6.07) is 12.7. The normalized spacial score (nSPS) is 14.1. The number of rotatable bonds is 3. The summed E-state index contributed by atoms with van der Waals surface area (Å²) < 4.78 is 0. The van der Waals surface area contributed by atoms with Crippen molar-refractivity contribution >= 4 is 17.4 Å². The number of likely N-dealkylation sites (tertiary alicyclic amines) is 1. The van der Waals surface area contributed by atoms with E-state index in [1.165, 1.54) is 6.42 Å². The summed E-state index contributed by atoms with van der Waals surface area (Å²) >= 11 is 0. The number of hydrogen-bond acceptors (Lipinski definition) is 5. The summed E-state index contributed by atoms with van der Waals surface area (Å²) in [4.78, 5) is 14.2. The molecule has 23 heavy (non-hydrogen) atoms. The van der Waals surface area contributed by atoms with Crippen LogP contribution in [0.4, 0.5) is 11.5 Å². The second kappa shape index (κ2) is 6.88. The summed E-state index contributed by atoms with van der Waals surface area (Å²) in [5.74, 6) is 0.434. The number of carbonyl (C=O) groups excluding carboxylic acids is 1. The van der Waals surface area contributed by atoms with Crippen LogP contribution in [0.5, 0.6) is 0 Å². The van der Waals surface area contributed by atoms with Crippen molar-refractivity contribution in [3.63, 3.8) is 0 Å². The van der Waals surface area contributed by atoms with Crippen molar-refractivity contribution in [3.8, 4) is 6.07 Å². The number of nitriles is 1. The number of nitrogens with one attached hydrogen (secondary N) is 1. The molecular weight excluding hydrogens is 290 g/mol. The largest absolute Gasteiger partial charge is 0.338 e. The first kappa shape index (κ1) is 15.0. The average molecular weight is 307 g/mol. The Morgan fingerprint density at radius 3 is 2.57 bits per heavy atom. The highest BCUT2D eigenvalue weighted by Gasteiger charge is 2.19. The van der Waals surface area contributed by atoms with Crippen molar-refractivity contribution in [1.82, 2.24) is 15.1 Å². The van der Waals surface area contributed by atoms with Gasteiger partial charge in [-0.2, -0.15) is 5.26 Å². The van der Waals surface area contributed by atoms with Crippen LogP contribution in [-0.4, -0.2) is 34.1 Å². The first-order valence-electron chi connectivity index (χ1n) is 7.67. The van der Waals surface area contributed by atoms with E-state index in [2.05, 4.69) is 21.6 Å². The molecule has 1 saturated heterocycles. The molecule has 0 atom stereocenters. The van der Waals surface area contributed by atoms with Crippen molar-refractivity contribution in [2.24, 2.45) is 0 Å². The van der Waals surface area contributed by atoms with Gasteiger partial charge in [0.25, 0.3) is 5.91 Å². The lowest BCUT2D eigenvalue weighted by atomic mass is 10.1. The van der Waals surface area contributed by atoms with Crippen molar-refractivity contribution in [1.29, 1.82) is 5.26 Å². The molecule has 1 N–H and O–H groups in total. The molecule has 1 aliphatic rings. The van der Waals surface area contributed by atoms with Crippen LogP contribution < -0.4 is 5.32 Å². The van der Waals surface area contributed by atoms with E-state index in [1.54, 1.807) is 30.3 Å². The zero-order valence-corrected chi connectivity index (χ0v) is 12.7. The molecule has 1 amide bonds. The summed E-state index contributed by atoms with van der Waals surface area (Å²) in [5, 5.41) is 20.2. The van der Waals surface area contributed by atoms with E-state index in [9.17, 15) is 4.79 Å². The monoisotopic (exact) mass is 307 g/mol. The zero-order chi connectivity index (χ0) is 16.1. The molecule has 2 heterocycles. The number of anilines is 2. The predicted octanol–water partition coefficient (Wildman–Crippen LogP) is 2.72. The third kappa shape index (κ3) is 3.46. The molecule has 116 valence electrons. The third-order valence-corrected chi connectivity index (χ3v) is 3.84. The first-order chi connectivity index (χ1) is 11.3. The topological polar surface area (TPSA) is 81.9 Å². The van der Waals surface area contributed by atoms with Gasteiger partial charge < -0.3 is 10.2 Å². The fourth-order valence-corrected chi connectivity index (χ4v) is 2.60. The van der Waals surface area contributed by atoms with E-state index >= 15 is 0 Å². The lowest BCUT2D eigenvalue weighted by Gasteiger charge is -2.26. The summed E-state index contributed by atoms with van der Waals surface area (Å²) in [6.45, 7) is 1.58. The van der Waals surface area contributed by atoms with Crippen molar-refractivity contribution in [2.45, 2.75) is 19.3 Å². The number of nitrogens with zero attached hydrogens (tertiary/aromatic N) is 4. The minimum atomic E-state index is -0.0684. The van der Waals surface area contributed by atoms with Crippen LogP contribution >= 0.6 is 0 Å². The van der Waals surface area contributed by atoms with Crippen molar-refractivity contribution in [2.75, 3.05) is 18.4 Å². The molecule has 1 fully saturated rings. The molecule has 6 heteroatoms. The zero-order valence-electron chi connectivity index (χ0n) is 12.7. The number of piperidine rings is 1. The molecule has 0 radical (unpaired) electrons. The molecule has 1 aromatic heterocycles. The SMILES string of the molecule is N#Cc1ccccc1Nc1ccc(C(=O)N2CCCCC2)nn1. The number of hydrogen-bond donors (Lipinski definition) is 1. The minimum absolute atomic E-state index is 0.0684. The highest BCUT2D eigenvalue weighted by atomic mass is 16.2. The quantitative estimate of drug-likeness (QED) is 0.942. The lowest BCUT2D eigenvalue weighted by molar-refractivity contribution is 0.0717. The number of para-hydroxylation sites is 1. The predicted molar refractivity (Wildman–Crippen MR) is 86.2 cm³/mol. The van der Waals surface area contributed by atoms with Gasteiger partial charge in [-0.3, -0.25) is 4.79 Å². The molecule has 1 aliphatic heterocycles. The third-order valence-electron chi connectivity index (χ3n) is 3.84. The van der Waals surface area contributed by atoms with Gasteiger partial charge in [-0.25, -0.2) is 0 Å². The molecule has 2 aromatic rings. The Bertz CT molecular complexity index is 729. The van der Waals surface area contributed by atoms with E-state index in [-0.39, 0.29) is 5.91 Å². The molecule has 0 unspecified atom stereocenters. The van der Waals surface area contributed by atoms with Crippen molar-refractivity contribution < 1.29 is 4.79 Å². The van der Waals surface area contributed by atoms with Gasteiger partial charge in [0.05, 0.1) is 11.3 Å². The van der Waals surface area contributed by atoms with Crippen LogP contribution in [0, 0.1) is 11.3 Å². The Labute approximate surface area is 134 Å². The molecule has 0 saturated carbocycles. The van der Waals surface area contributed by atoms with Gasteiger partial charge in [0.1, 0.15) is 6.07 Å². The van der Waals surface area contributed by atoms with Crippen LogP contribution in [0.15, 0.2) is 36.4 Å². The lowest BCUT2D eigenvalue weighted by Crippen LogP contribution is -2.36. The highest BCUT2D eigenvalue weighted by Crippen LogP contribution is 2.18. The first-order valence-corrected chi connectivity index (χ1v) is 7.67. The van der Waals surface area contributed by atoms with Crippen LogP contribution in [0.3, 0.4) is 0 Å². The molecule has 0 spiro atoms. The Kier molecular flexibility index (Phi) is 4.48. The van der Waals surface area contributed by atoms with Gasteiger partial charge in [0.2, 0.25) is 0 Å². The van der Waals surface area contributed by atoms with Crippen molar-refractivity contribution in [3.05, 3.63) is 47.7 Å². The maximum absolute atomic E-state index is 12.3. The number of amides is 1. The van der Waals surface area contributed by atoms with Gasteiger partial charge in [0, 0.05) is 13.1 Å². The summed E-state index contributed by atoms with van der Waals surface area (Å²) in [5.41, 5.74) is 1.55. The second-order valence-corrected chi connectivity index (χ2v) is 5.44. The maximum atomic E-state index is 12.3. The Hall–Kier alpha value is -2.94. The van der Waals surface area contributed by atoms with E-state index < -0.39 is 0 Å². The van der Waals surface area contributed by atoms with E-state index in [0.29, 0.717) is 22.8 Å². The van der Waals surface area contributed by atoms with Crippen LogP contribution in [0.1, 0.15) is 35.3 Å². The van der Waals surface area contributed by atoms with Crippen LogP contribution in [0.25, 0.3) is 0 Å². The van der Waals surface area contributed by atoms with Gasteiger partial charge in [-0.05, 0) is 43.5 Å². The molecule has 1 aromatic carbocycles. The Morgan fingerprint density at radius 1 is 1.09 bits per heavy atom. The molecule has 6 nitrogen and oxygen atoms in total. The molecule has 0 bridgehead atoms. The highest BCUT2D eigenvalue weighted by molar-refractivity contribution is 5.92. The summed E-state index contributed by atoms with van der Waals surface area (Å²) in [6.07, 6.45) is 3.27. The molecular formula is C17H17N5O. The van der Waals surface area contributed by atoms with Gasteiger partial charge >= 0.3 is 0 Å². The Balaban J connectivity index is 1.72. The average Bonchev–Trinajstić information content (AvgIpc) is 2.63. The smallest absolute Gasteiger partial charge is 0.274 e. The van der Waals surface area contributed by atoms with E-state index in [0.717, 1.165) is 25.9 Å². The van der Waals surface area contributed by atoms with Crippen LogP contribution in [0.2, 0.25) is 0 Å². The Morgan fingerprint density at radius 2 is 1.87 bits per heavy atom. The standard InChI is InChI=1S/C17H17N5O/c18-12-13-6-2-3-7-14(13)19-16-9-8-15(20-21-16)17(23)22-10-4-1-5-11-22/h2-3,6-9H,1,4-5,10-11H2,(H,19,21). The van der Waals surface area contributed by atoms with Gasteiger partial charge in [-0.15, -0.1) is 10.2 Å². The van der Waals surface area contributed by atoms with Crippen LogP contribution in [-0.2, 0) is 0 Å². The van der Waals surface area contributed by atoms with E-state index in [4.69, 9.17) is 5.26 Å². The maximum Gasteiger partial charge on any atom is 0.274 e. The summed E-state index contributed by atoms with van der Waals surface area (Å²) in [7, 11) is 0. The number of aromatic nitrogens is 2. The van der Waals surface area contributed by atoms with Gasteiger partial charge in [-0.1, -0.05) is 12.1 Å². The number of benzene rings is 1. The minimum Gasteiger partial charge on any atom is -0.338 e. The van der Waals surface area contributed by atoms with Gasteiger partial charge in [0.15, 0.2) is 11.5 Å². The number of carbonyl (C=O) groups is 1. The fourth-order valence-electron chi connectivity index (χ4n) is 2.60. The molecule has 3 rings (SSSR count). The second-order valence-electron chi connectivity index (χ2n) is 5.44. The van der Waals surface area contributed by atoms with E-state index in [1.807, 2.05) is 11.0 Å². The fraction of sp³-hybridized carbons (Fsp3) is 0.294. The molecule has 0 aliphatic carbocycles.